The fraction of sp³-hybridized carbons (Fsp3) is 0.786. The first-order chi connectivity index (χ1) is 8.78. The summed E-state index contributed by atoms with van der Waals surface area (Å²) < 4.78 is 5.15. The number of unbranched alkanes of at least 4 members (excludes halogenated alkanes) is 1. The highest BCUT2D eigenvalue weighted by atomic mass is 16.5. The molecule has 0 amide bonds. The first-order valence-electron chi connectivity index (χ1n) is 7.16. The summed E-state index contributed by atoms with van der Waals surface area (Å²) >= 11 is 0. The predicted octanol–water partition coefficient (Wildman–Crippen LogP) is 2.34. The lowest BCUT2D eigenvalue weighted by Crippen LogP contribution is -2.37. The highest BCUT2D eigenvalue weighted by Gasteiger charge is 2.18. The lowest BCUT2D eigenvalue weighted by molar-refractivity contribution is 0.230. The number of aryl methyl sites for hydroxylation is 1. The lowest BCUT2D eigenvalue weighted by atomic mass is 10.2. The molecule has 1 N–H and O–H groups in total. The molecule has 1 aliphatic rings. The van der Waals surface area contributed by atoms with Gasteiger partial charge in [0.15, 0.2) is 0 Å². The summed E-state index contributed by atoms with van der Waals surface area (Å²) in [5.41, 5.74) is 1.06. The van der Waals surface area contributed by atoms with Crippen LogP contribution in [0.2, 0.25) is 0 Å². The molecule has 2 rings (SSSR count). The summed E-state index contributed by atoms with van der Waals surface area (Å²) in [5.74, 6) is 0.902. The molecule has 0 bridgehead atoms. The zero-order chi connectivity index (χ0) is 12.8. The summed E-state index contributed by atoms with van der Waals surface area (Å²) in [7, 11) is 0. The van der Waals surface area contributed by atoms with Gasteiger partial charge in [-0.1, -0.05) is 18.5 Å². The van der Waals surface area contributed by atoms with E-state index < -0.39 is 0 Å². The van der Waals surface area contributed by atoms with Gasteiger partial charge in [0, 0.05) is 25.2 Å². The van der Waals surface area contributed by atoms with E-state index in [1.54, 1.807) is 0 Å². The Morgan fingerprint density at radius 2 is 2.44 bits per heavy atom. The SMILES string of the molecule is CCCCN(Cc1cc(C)on1)CC1CCCN1. The molecule has 2 heterocycles. The molecule has 1 aromatic heterocycles. The van der Waals surface area contributed by atoms with Gasteiger partial charge < -0.3 is 9.84 Å². The van der Waals surface area contributed by atoms with Gasteiger partial charge in [0.2, 0.25) is 0 Å². The van der Waals surface area contributed by atoms with E-state index in [1.807, 2.05) is 13.0 Å². The van der Waals surface area contributed by atoms with Crippen LogP contribution >= 0.6 is 0 Å². The molecule has 1 unspecified atom stereocenters. The molecule has 1 atom stereocenters. The van der Waals surface area contributed by atoms with Crippen LogP contribution < -0.4 is 5.32 Å². The lowest BCUT2D eigenvalue weighted by Gasteiger charge is -2.24. The highest BCUT2D eigenvalue weighted by molar-refractivity contribution is 5.03. The van der Waals surface area contributed by atoms with Gasteiger partial charge in [-0.05, 0) is 39.3 Å². The first-order valence-corrected chi connectivity index (χ1v) is 7.16. The first kappa shape index (κ1) is 13.6. The third kappa shape index (κ3) is 4.10. The zero-order valence-corrected chi connectivity index (χ0v) is 11.6. The quantitative estimate of drug-likeness (QED) is 0.807. The minimum Gasteiger partial charge on any atom is -0.361 e. The van der Waals surface area contributed by atoms with Crippen molar-refractivity contribution in [1.82, 2.24) is 15.4 Å². The third-order valence-corrected chi connectivity index (χ3v) is 3.53. The Labute approximate surface area is 110 Å². The van der Waals surface area contributed by atoms with Crippen molar-refractivity contribution in [2.24, 2.45) is 0 Å². The molecule has 18 heavy (non-hydrogen) atoms. The second-order valence-electron chi connectivity index (χ2n) is 5.31. The Bertz CT molecular complexity index is 345. The van der Waals surface area contributed by atoms with Crippen molar-refractivity contribution < 1.29 is 4.52 Å². The van der Waals surface area contributed by atoms with E-state index in [0.29, 0.717) is 6.04 Å². The zero-order valence-electron chi connectivity index (χ0n) is 11.6. The van der Waals surface area contributed by atoms with E-state index in [0.717, 1.165) is 31.1 Å². The molecule has 102 valence electrons. The summed E-state index contributed by atoms with van der Waals surface area (Å²) in [6.45, 7) is 8.56. The maximum Gasteiger partial charge on any atom is 0.133 e. The van der Waals surface area contributed by atoms with Crippen molar-refractivity contribution in [3.8, 4) is 0 Å². The molecular formula is C14H25N3O. The summed E-state index contributed by atoms with van der Waals surface area (Å²) in [4.78, 5) is 2.50. The summed E-state index contributed by atoms with van der Waals surface area (Å²) in [6.07, 6.45) is 5.12. The Hall–Kier alpha value is -0.870. The third-order valence-electron chi connectivity index (χ3n) is 3.53. The van der Waals surface area contributed by atoms with Crippen molar-refractivity contribution in [3.05, 3.63) is 17.5 Å². The van der Waals surface area contributed by atoms with Gasteiger partial charge in [-0.25, -0.2) is 0 Å². The number of nitrogens with zero attached hydrogens (tertiary/aromatic N) is 2. The van der Waals surface area contributed by atoms with Crippen molar-refractivity contribution in [2.45, 2.75) is 52.1 Å². The Morgan fingerprint density at radius 1 is 1.56 bits per heavy atom. The average molecular weight is 251 g/mol. The van der Waals surface area contributed by atoms with Crippen LogP contribution in [-0.2, 0) is 6.54 Å². The van der Waals surface area contributed by atoms with E-state index in [1.165, 1.54) is 32.2 Å². The molecular weight excluding hydrogens is 226 g/mol. The molecule has 0 radical (unpaired) electrons. The standard InChI is InChI=1S/C14H25N3O/c1-3-4-8-17(10-13-6-5-7-15-13)11-14-9-12(2)18-16-14/h9,13,15H,3-8,10-11H2,1-2H3. The fourth-order valence-corrected chi connectivity index (χ4v) is 2.56. The van der Waals surface area contributed by atoms with Crippen LogP contribution in [0, 0.1) is 6.92 Å². The van der Waals surface area contributed by atoms with Crippen molar-refractivity contribution in [2.75, 3.05) is 19.6 Å². The molecule has 0 saturated carbocycles. The molecule has 4 heteroatoms. The van der Waals surface area contributed by atoms with Crippen LogP contribution in [0.3, 0.4) is 0 Å². The van der Waals surface area contributed by atoms with E-state index in [9.17, 15) is 0 Å². The maximum absolute atomic E-state index is 5.15. The van der Waals surface area contributed by atoms with Gasteiger partial charge >= 0.3 is 0 Å². The largest absolute Gasteiger partial charge is 0.361 e. The molecule has 4 nitrogen and oxygen atoms in total. The molecule has 1 aliphatic heterocycles. The molecule has 1 aromatic rings. The van der Waals surface area contributed by atoms with Crippen molar-refractivity contribution >= 4 is 0 Å². The van der Waals surface area contributed by atoms with Gasteiger partial charge in [0.1, 0.15) is 5.76 Å². The summed E-state index contributed by atoms with van der Waals surface area (Å²) in [6, 6.07) is 2.70. The Balaban J connectivity index is 1.86. The number of nitrogens with one attached hydrogen (secondary N) is 1. The van der Waals surface area contributed by atoms with E-state index in [-0.39, 0.29) is 0 Å². The number of aromatic nitrogens is 1. The molecule has 1 saturated heterocycles. The van der Waals surface area contributed by atoms with Gasteiger partial charge in [0.25, 0.3) is 0 Å². The number of hydrogen-bond acceptors (Lipinski definition) is 4. The predicted molar refractivity (Wildman–Crippen MR) is 72.4 cm³/mol. The Kier molecular flexibility index (Phi) is 5.20. The van der Waals surface area contributed by atoms with Gasteiger partial charge in [-0.15, -0.1) is 0 Å². The topological polar surface area (TPSA) is 41.3 Å². The smallest absolute Gasteiger partial charge is 0.133 e. The normalized spacial score (nSPS) is 19.8. The highest BCUT2D eigenvalue weighted by Crippen LogP contribution is 2.11. The van der Waals surface area contributed by atoms with Crippen LogP contribution in [0.1, 0.15) is 44.1 Å². The molecule has 0 spiro atoms. The van der Waals surface area contributed by atoms with E-state index in [4.69, 9.17) is 4.52 Å². The maximum atomic E-state index is 5.15. The molecule has 0 aliphatic carbocycles. The van der Waals surface area contributed by atoms with Gasteiger partial charge in [0.05, 0.1) is 5.69 Å². The van der Waals surface area contributed by atoms with Gasteiger partial charge in [-0.3, -0.25) is 4.90 Å². The number of rotatable bonds is 7. The minimum absolute atomic E-state index is 0.662. The minimum atomic E-state index is 0.662. The van der Waals surface area contributed by atoms with Crippen LogP contribution in [0.15, 0.2) is 10.6 Å². The van der Waals surface area contributed by atoms with Crippen molar-refractivity contribution in [1.29, 1.82) is 0 Å². The monoisotopic (exact) mass is 251 g/mol. The summed E-state index contributed by atoms with van der Waals surface area (Å²) in [5, 5.41) is 7.67. The number of hydrogen-bond donors (Lipinski definition) is 1. The fourth-order valence-electron chi connectivity index (χ4n) is 2.56. The van der Waals surface area contributed by atoms with E-state index >= 15 is 0 Å². The van der Waals surface area contributed by atoms with Crippen LogP contribution in [-0.4, -0.2) is 35.7 Å². The van der Waals surface area contributed by atoms with Crippen LogP contribution in [0.5, 0.6) is 0 Å². The van der Waals surface area contributed by atoms with Gasteiger partial charge in [-0.2, -0.15) is 0 Å². The molecule has 1 fully saturated rings. The average Bonchev–Trinajstić information content (AvgIpc) is 2.98. The van der Waals surface area contributed by atoms with Crippen LogP contribution in [0.4, 0.5) is 0 Å². The van der Waals surface area contributed by atoms with E-state index in [2.05, 4.69) is 22.3 Å². The second-order valence-corrected chi connectivity index (χ2v) is 5.31. The Morgan fingerprint density at radius 3 is 3.06 bits per heavy atom. The van der Waals surface area contributed by atoms with Crippen molar-refractivity contribution in [3.63, 3.8) is 0 Å². The molecule has 0 aromatic carbocycles. The van der Waals surface area contributed by atoms with Crippen LogP contribution in [0.25, 0.3) is 0 Å². The second kappa shape index (κ2) is 6.90.